The van der Waals surface area contributed by atoms with E-state index in [9.17, 15) is 4.79 Å². The molecule has 7 nitrogen and oxygen atoms in total. The Labute approximate surface area is 154 Å². The molecular weight excluding hydrogens is 328 g/mol. The molecule has 0 aromatic heterocycles. The van der Waals surface area contributed by atoms with E-state index in [2.05, 4.69) is 10.3 Å². The van der Waals surface area contributed by atoms with Crippen LogP contribution in [0.3, 0.4) is 0 Å². The zero-order valence-corrected chi connectivity index (χ0v) is 15.7. The van der Waals surface area contributed by atoms with Gasteiger partial charge in [0, 0.05) is 17.3 Å². The first kappa shape index (κ1) is 18.2. The van der Waals surface area contributed by atoms with Crippen LogP contribution in [0.1, 0.15) is 61.9 Å². The largest absolute Gasteiger partial charge is 0.369 e. The maximum atomic E-state index is 12.5. The highest BCUT2D eigenvalue weighted by molar-refractivity contribution is 6.06. The van der Waals surface area contributed by atoms with Crippen molar-refractivity contribution in [3.8, 4) is 0 Å². The molecule has 5 N–H and O–H groups in total. The predicted octanol–water partition coefficient (Wildman–Crippen LogP) is 2.24. The molecule has 1 saturated carbocycles. The zero-order chi connectivity index (χ0) is 18.9. The van der Waals surface area contributed by atoms with E-state index in [4.69, 9.17) is 16.5 Å². The number of hydrogen-bond acceptors (Lipinski definition) is 6. The Morgan fingerprint density at radius 3 is 2.58 bits per heavy atom. The summed E-state index contributed by atoms with van der Waals surface area (Å²) in [5.74, 6) is 0.463. The number of anilines is 1. The van der Waals surface area contributed by atoms with Crippen molar-refractivity contribution in [2.24, 2.45) is 21.5 Å². The second-order valence-corrected chi connectivity index (χ2v) is 7.45. The van der Waals surface area contributed by atoms with E-state index in [1.54, 1.807) is 0 Å². The number of nitrogens with zero attached hydrogens (tertiary/aromatic N) is 3. The molecule has 7 heteroatoms. The molecule has 1 aromatic rings. The first-order chi connectivity index (χ1) is 12.3. The lowest BCUT2D eigenvalue weighted by Crippen LogP contribution is -2.58. The number of amides is 1. The molecule has 2 aliphatic rings. The normalized spacial score (nSPS) is 19.3. The quantitative estimate of drug-likeness (QED) is 0.771. The van der Waals surface area contributed by atoms with Gasteiger partial charge in [0.05, 0.1) is 0 Å². The van der Waals surface area contributed by atoms with Gasteiger partial charge < -0.3 is 16.8 Å². The lowest BCUT2D eigenvalue weighted by molar-refractivity contribution is 0.0943. The minimum absolute atomic E-state index is 0.0722. The van der Waals surface area contributed by atoms with Gasteiger partial charge in [-0.05, 0) is 64.2 Å². The average Bonchev–Trinajstić information content (AvgIpc) is 2.55. The molecule has 140 valence electrons. The molecular formula is C19H28N6O. The summed E-state index contributed by atoms with van der Waals surface area (Å²) >= 11 is 0. The fourth-order valence-corrected chi connectivity index (χ4v) is 3.81. The Kier molecular flexibility index (Phi) is 4.89. The van der Waals surface area contributed by atoms with Crippen LogP contribution in [-0.4, -0.2) is 29.5 Å². The van der Waals surface area contributed by atoms with Crippen LogP contribution in [-0.2, 0) is 0 Å². The summed E-state index contributed by atoms with van der Waals surface area (Å²) < 4.78 is 0. The summed E-state index contributed by atoms with van der Waals surface area (Å²) in [5, 5.41) is 2.93. The lowest BCUT2D eigenvalue weighted by Gasteiger charge is -2.46. The number of benzene rings is 1. The van der Waals surface area contributed by atoms with Crippen molar-refractivity contribution in [1.29, 1.82) is 0 Å². The fraction of sp³-hybridized carbons (Fsp3) is 0.526. The highest BCUT2D eigenvalue weighted by Gasteiger charge is 2.43. The van der Waals surface area contributed by atoms with E-state index in [-0.39, 0.29) is 17.9 Å². The maximum absolute atomic E-state index is 12.5. The third-order valence-corrected chi connectivity index (χ3v) is 4.98. The number of rotatable bonds is 3. The summed E-state index contributed by atoms with van der Waals surface area (Å²) in [6.45, 7) is 5.89. The number of nitrogens with two attached hydrogens (primary N) is 2. The number of guanidine groups is 2. The molecule has 1 heterocycles. The molecule has 1 amide bonds. The minimum atomic E-state index is -0.508. The van der Waals surface area contributed by atoms with Gasteiger partial charge in [0.1, 0.15) is 5.66 Å². The molecule has 3 rings (SSSR count). The van der Waals surface area contributed by atoms with Gasteiger partial charge in [-0.3, -0.25) is 9.69 Å². The Morgan fingerprint density at radius 2 is 1.92 bits per heavy atom. The van der Waals surface area contributed by atoms with Gasteiger partial charge in [-0.25, -0.2) is 4.99 Å². The summed E-state index contributed by atoms with van der Waals surface area (Å²) in [4.78, 5) is 23.3. The molecule has 1 fully saturated rings. The van der Waals surface area contributed by atoms with Crippen LogP contribution in [0.5, 0.6) is 0 Å². The monoisotopic (exact) mass is 356 g/mol. The smallest absolute Gasteiger partial charge is 0.251 e. The SMILES string of the molecule is Cc1ccc(C(=O)NC(C)C)cc1N1C(N)=NC(N)=NC12CCCCC2. The van der Waals surface area contributed by atoms with E-state index in [0.29, 0.717) is 11.5 Å². The Balaban J connectivity index is 2.05. The van der Waals surface area contributed by atoms with Crippen molar-refractivity contribution >= 4 is 23.5 Å². The second-order valence-electron chi connectivity index (χ2n) is 7.45. The predicted molar refractivity (Wildman–Crippen MR) is 105 cm³/mol. The van der Waals surface area contributed by atoms with Gasteiger partial charge in [0.25, 0.3) is 5.91 Å². The Hall–Kier alpha value is -2.57. The van der Waals surface area contributed by atoms with Gasteiger partial charge in [-0.1, -0.05) is 12.5 Å². The number of hydrogen-bond donors (Lipinski definition) is 3. The second kappa shape index (κ2) is 6.97. The van der Waals surface area contributed by atoms with Crippen LogP contribution < -0.4 is 21.7 Å². The molecule has 0 saturated heterocycles. The van der Waals surface area contributed by atoms with Crippen LogP contribution in [0.25, 0.3) is 0 Å². The van der Waals surface area contributed by atoms with Crippen LogP contribution in [0.4, 0.5) is 5.69 Å². The highest BCUT2D eigenvalue weighted by Crippen LogP contribution is 2.40. The number of carbonyl (C=O) groups is 1. The first-order valence-electron chi connectivity index (χ1n) is 9.24. The van der Waals surface area contributed by atoms with Crippen molar-refractivity contribution in [2.45, 2.75) is 64.6 Å². The Bertz CT molecular complexity index is 761. The number of aliphatic imine (C=N–C) groups is 2. The topological polar surface area (TPSA) is 109 Å². The van der Waals surface area contributed by atoms with Gasteiger partial charge >= 0.3 is 0 Å². The van der Waals surface area contributed by atoms with Crippen molar-refractivity contribution in [2.75, 3.05) is 4.90 Å². The molecule has 0 bridgehead atoms. The third kappa shape index (κ3) is 3.38. The minimum Gasteiger partial charge on any atom is -0.369 e. The van der Waals surface area contributed by atoms with Crippen molar-refractivity contribution in [3.63, 3.8) is 0 Å². The average molecular weight is 356 g/mol. The lowest BCUT2D eigenvalue weighted by atomic mass is 9.87. The molecule has 1 aromatic carbocycles. The van der Waals surface area contributed by atoms with Gasteiger partial charge in [0.2, 0.25) is 11.9 Å². The van der Waals surface area contributed by atoms with Crippen LogP contribution in [0.15, 0.2) is 28.2 Å². The molecule has 1 aliphatic carbocycles. The van der Waals surface area contributed by atoms with E-state index in [0.717, 1.165) is 36.9 Å². The van der Waals surface area contributed by atoms with Gasteiger partial charge in [-0.15, -0.1) is 0 Å². The Morgan fingerprint density at radius 1 is 1.23 bits per heavy atom. The zero-order valence-electron chi connectivity index (χ0n) is 15.7. The van der Waals surface area contributed by atoms with Crippen molar-refractivity contribution < 1.29 is 4.79 Å². The first-order valence-corrected chi connectivity index (χ1v) is 9.24. The molecule has 0 atom stereocenters. The molecule has 0 radical (unpaired) electrons. The number of nitrogens with one attached hydrogen (secondary N) is 1. The summed E-state index contributed by atoms with van der Waals surface area (Å²) in [7, 11) is 0. The standard InChI is InChI=1S/C19H28N6O/c1-12(2)22-16(26)14-8-7-13(3)15(11-14)25-18(21)23-17(20)24-19(25)9-5-4-6-10-19/h7-8,11-12H,4-6,9-10H2,1-3H3,(H,22,26)(H4,20,21,23,24). The summed E-state index contributed by atoms with van der Waals surface area (Å²) in [5.41, 5.74) is 14.2. The number of carbonyl (C=O) groups excluding carboxylic acids is 1. The van der Waals surface area contributed by atoms with Crippen LogP contribution in [0, 0.1) is 6.92 Å². The van der Waals surface area contributed by atoms with Gasteiger partial charge in [-0.2, -0.15) is 4.99 Å². The third-order valence-electron chi connectivity index (χ3n) is 4.98. The van der Waals surface area contributed by atoms with E-state index < -0.39 is 5.66 Å². The fourth-order valence-electron chi connectivity index (χ4n) is 3.81. The molecule has 1 aliphatic heterocycles. The maximum Gasteiger partial charge on any atom is 0.251 e. The van der Waals surface area contributed by atoms with E-state index >= 15 is 0 Å². The number of aryl methyl sites for hydroxylation is 1. The van der Waals surface area contributed by atoms with E-state index in [1.165, 1.54) is 6.42 Å². The van der Waals surface area contributed by atoms with Crippen molar-refractivity contribution in [1.82, 2.24) is 5.32 Å². The molecule has 26 heavy (non-hydrogen) atoms. The van der Waals surface area contributed by atoms with Gasteiger partial charge in [0.15, 0.2) is 0 Å². The van der Waals surface area contributed by atoms with E-state index in [1.807, 2.05) is 43.9 Å². The highest BCUT2D eigenvalue weighted by atomic mass is 16.1. The van der Waals surface area contributed by atoms with Crippen LogP contribution in [0.2, 0.25) is 0 Å². The molecule has 0 unspecified atom stereocenters. The summed E-state index contributed by atoms with van der Waals surface area (Å²) in [6.07, 6.45) is 5.04. The van der Waals surface area contributed by atoms with Crippen LogP contribution >= 0.6 is 0 Å². The molecule has 1 spiro atoms. The summed E-state index contributed by atoms with van der Waals surface area (Å²) in [6, 6.07) is 5.72. The van der Waals surface area contributed by atoms with Crippen molar-refractivity contribution in [3.05, 3.63) is 29.3 Å².